The number of nitrogens with zero attached hydrogens (tertiary/aromatic N) is 1. The molecule has 1 aromatic heterocycles. The molecule has 0 saturated heterocycles. The molecule has 1 heterocycles. The van der Waals surface area contributed by atoms with Crippen LogP contribution in [0.5, 0.6) is 0 Å². The van der Waals surface area contributed by atoms with E-state index in [0.717, 1.165) is 4.57 Å². The molecule has 8 nitrogen and oxygen atoms in total. The summed E-state index contributed by atoms with van der Waals surface area (Å²) in [7, 11) is 1.28. The van der Waals surface area contributed by atoms with Gasteiger partial charge < -0.3 is 10.5 Å². The van der Waals surface area contributed by atoms with Crippen molar-refractivity contribution in [2.75, 3.05) is 12.3 Å². The molecule has 0 aliphatic heterocycles. The quantitative estimate of drug-likeness (QED) is 0.610. The number of Topliss-reactive ketones (excluding diaryl/α,β-unsaturated/α-hetero) is 1. The van der Waals surface area contributed by atoms with Crippen molar-refractivity contribution in [3.05, 3.63) is 60.2 Å². The first-order valence-corrected chi connectivity index (χ1v) is 7.21. The summed E-state index contributed by atoms with van der Waals surface area (Å²) in [6.45, 7) is -0.742. The number of carbonyl (C=O) groups is 2. The van der Waals surface area contributed by atoms with Crippen molar-refractivity contribution in [1.29, 1.82) is 0 Å². The van der Waals surface area contributed by atoms with Gasteiger partial charge in [-0.2, -0.15) is 0 Å². The van der Waals surface area contributed by atoms with Gasteiger partial charge in [0.25, 0.3) is 5.56 Å². The Balaban J connectivity index is 2.20. The Morgan fingerprint density at radius 1 is 1.21 bits per heavy atom. The highest BCUT2D eigenvalue weighted by Gasteiger charge is 2.20. The summed E-state index contributed by atoms with van der Waals surface area (Å²) in [5, 5.41) is 0.444. The van der Waals surface area contributed by atoms with Gasteiger partial charge in [0.05, 0.1) is 5.56 Å². The largest absolute Gasteiger partial charge is 0.454 e. The fourth-order valence-corrected chi connectivity index (χ4v) is 2.39. The van der Waals surface area contributed by atoms with E-state index in [-0.39, 0.29) is 21.4 Å². The van der Waals surface area contributed by atoms with Gasteiger partial charge in [-0.15, -0.1) is 0 Å². The van der Waals surface area contributed by atoms with Crippen LogP contribution in [0.2, 0.25) is 10.0 Å². The summed E-state index contributed by atoms with van der Waals surface area (Å²) in [6, 6.07) is 4.05. The van der Waals surface area contributed by atoms with Gasteiger partial charge in [0.1, 0.15) is 11.4 Å². The van der Waals surface area contributed by atoms with Crippen LogP contribution in [0.25, 0.3) is 0 Å². The number of aromatic amines is 1. The van der Waals surface area contributed by atoms with E-state index in [0.29, 0.717) is 0 Å². The maximum absolute atomic E-state index is 12.1. The second-order valence-electron chi connectivity index (χ2n) is 4.74. The number of hydrogen-bond acceptors (Lipinski definition) is 6. The number of nitrogens with two attached hydrogens (primary N) is 1. The lowest BCUT2D eigenvalue weighted by Gasteiger charge is -2.08. The number of anilines is 1. The molecule has 126 valence electrons. The molecule has 10 heteroatoms. The van der Waals surface area contributed by atoms with Crippen molar-refractivity contribution < 1.29 is 14.3 Å². The number of rotatable bonds is 4. The SMILES string of the molecule is Cn1c(N)c(C(=O)COC(=O)c2cc(Cl)cc(Cl)c2)c(=O)[nH]c1=O. The molecule has 0 bridgehead atoms. The number of aromatic nitrogens is 2. The number of benzene rings is 1. The van der Waals surface area contributed by atoms with Crippen molar-refractivity contribution in [2.24, 2.45) is 7.05 Å². The number of ether oxygens (including phenoxy) is 1. The predicted octanol–water partition coefficient (Wildman–Crippen LogP) is 1.00. The molecule has 0 atom stereocenters. The average molecular weight is 372 g/mol. The zero-order chi connectivity index (χ0) is 18.0. The smallest absolute Gasteiger partial charge is 0.338 e. The summed E-state index contributed by atoms with van der Waals surface area (Å²) < 4.78 is 5.73. The number of ketones is 1. The van der Waals surface area contributed by atoms with Crippen LogP contribution >= 0.6 is 23.2 Å². The van der Waals surface area contributed by atoms with Crippen LogP contribution in [0.3, 0.4) is 0 Å². The number of carbonyl (C=O) groups excluding carboxylic acids is 2. The topological polar surface area (TPSA) is 124 Å². The molecule has 24 heavy (non-hydrogen) atoms. The Bertz CT molecular complexity index is 928. The minimum atomic E-state index is -0.956. The first-order valence-electron chi connectivity index (χ1n) is 6.46. The van der Waals surface area contributed by atoms with Crippen molar-refractivity contribution in [2.45, 2.75) is 0 Å². The van der Waals surface area contributed by atoms with Gasteiger partial charge in [-0.1, -0.05) is 23.2 Å². The zero-order valence-corrected chi connectivity index (χ0v) is 13.8. The van der Waals surface area contributed by atoms with Crippen LogP contribution in [0, 0.1) is 0 Å². The molecule has 2 aromatic rings. The van der Waals surface area contributed by atoms with Crippen molar-refractivity contribution in [1.82, 2.24) is 9.55 Å². The van der Waals surface area contributed by atoms with Gasteiger partial charge >= 0.3 is 11.7 Å². The molecule has 0 aliphatic carbocycles. The summed E-state index contributed by atoms with van der Waals surface area (Å²) in [5.41, 5.74) is 3.45. The molecule has 0 unspecified atom stereocenters. The minimum absolute atomic E-state index is 0.0441. The fraction of sp³-hybridized carbons (Fsp3) is 0.143. The van der Waals surface area contributed by atoms with E-state index in [1.165, 1.54) is 25.2 Å². The van der Waals surface area contributed by atoms with Gasteiger partial charge in [0, 0.05) is 17.1 Å². The predicted molar refractivity (Wildman–Crippen MR) is 87.8 cm³/mol. The Morgan fingerprint density at radius 2 is 1.79 bits per heavy atom. The number of H-pyrrole nitrogens is 1. The van der Waals surface area contributed by atoms with Crippen LogP contribution in [0.1, 0.15) is 20.7 Å². The normalized spacial score (nSPS) is 10.5. The van der Waals surface area contributed by atoms with Crippen LogP contribution in [0.15, 0.2) is 27.8 Å². The van der Waals surface area contributed by atoms with Crippen LogP contribution < -0.4 is 17.0 Å². The van der Waals surface area contributed by atoms with Crippen molar-refractivity contribution in [3.8, 4) is 0 Å². The van der Waals surface area contributed by atoms with Crippen LogP contribution in [0.4, 0.5) is 5.82 Å². The van der Waals surface area contributed by atoms with Gasteiger partial charge in [0.2, 0.25) is 5.78 Å². The maximum atomic E-state index is 12.1. The first-order chi connectivity index (χ1) is 11.2. The highest BCUT2D eigenvalue weighted by molar-refractivity contribution is 6.35. The lowest BCUT2D eigenvalue weighted by molar-refractivity contribution is 0.0474. The van der Waals surface area contributed by atoms with Gasteiger partial charge in [0.15, 0.2) is 6.61 Å². The average Bonchev–Trinajstić information content (AvgIpc) is 2.49. The number of nitrogen functional groups attached to an aromatic ring is 1. The third kappa shape index (κ3) is 3.66. The second-order valence-corrected chi connectivity index (χ2v) is 5.61. The monoisotopic (exact) mass is 371 g/mol. The maximum Gasteiger partial charge on any atom is 0.338 e. The number of nitrogens with one attached hydrogen (secondary N) is 1. The highest BCUT2D eigenvalue weighted by atomic mass is 35.5. The van der Waals surface area contributed by atoms with E-state index >= 15 is 0 Å². The van der Waals surface area contributed by atoms with Gasteiger partial charge in [-0.3, -0.25) is 19.1 Å². The van der Waals surface area contributed by atoms with Gasteiger partial charge in [-0.25, -0.2) is 9.59 Å². The number of hydrogen-bond donors (Lipinski definition) is 2. The minimum Gasteiger partial charge on any atom is -0.454 e. The molecule has 0 spiro atoms. The molecule has 0 saturated carbocycles. The van der Waals surface area contributed by atoms with Crippen LogP contribution in [-0.4, -0.2) is 27.9 Å². The summed E-state index contributed by atoms with van der Waals surface area (Å²) in [4.78, 5) is 49.0. The number of esters is 1. The van der Waals surface area contributed by atoms with E-state index in [1.54, 1.807) is 0 Å². The number of halogens is 2. The summed E-state index contributed by atoms with van der Waals surface area (Å²) >= 11 is 11.5. The third-order valence-electron chi connectivity index (χ3n) is 3.08. The molecule has 1 aromatic carbocycles. The molecule has 0 aliphatic rings. The first kappa shape index (κ1) is 17.8. The second kappa shape index (κ2) is 6.90. The van der Waals surface area contributed by atoms with E-state index in [9.17, 15) is 19.2 Å². The van der Waals surface area contributed by atoms with Crippen molar-refractivity contribution in [3.63, 3.8) is 0 Å². The molecule has 2 rings (SSSR count). The Morgan fingerprint density at radius 3 is 2.38 bits per heavy atom. The molecule has 3 N–H and O–H groups in total. The lowest BCUT2D eigenvalue weighted by Crippen LogP contribution is -2.35. The van der Waals surface area contributed by atoms with E-state index in [1.807, 2.05) is 4.98 Å². The molecule has 0 amide bonds. The van der Waals surface area contributed by atoms with Gasteiger partial charge in [-0.05, 0) is 18.2 Å². The van der Waals surface area contributed by atoms with E-state index < -0.39 is 35.2 Å². The third-order valence-corrected chi connectivity index (χ3v) is 3.52. The summed E-state index contributed by atoms with van der Waals surface area (Å²) in [5.74, 6) is -2.03. The zero-order valence-electron chi connectivity index (χ0n) is 12.3. The Labute approximate surface area is 144 Å². The Hall–Kier alpha value is -2.58. The lowest BCUT2D eigenvalue weighted by atomic mass is 10.2. The molecule has 0 radical (unpaired) electrons. The molecule has 0 fully saturated rings. The molecular weight excluding hydrogens is 361 g/mol. The van der Waals surface area contributed by atoms with Crippen molar-refractivity contribution >= 4 is 40.8 Å². The van der Waals surface area contributed by atoms with E-state index in [4.69, 9.17) is 33.7 Å². The molecular formula is C14H11Cl2N3O5. The fourth-order valence-electron chi connectivity index (χ4n) is 1.86. The Kier molecular flexibility index (Phi) is 5.10. The van der Waals surface area contributed by atoms with Crippen LogP contribution in [-0.2, 0) is 11.8 Å². The standard InChI is InChI=1S/C14H11Cl2N3O5/c1-19-11(17)10(12(21)18-14(19)23)9(20)5-24-13(22)6-2-7(15)4-8(16)3-6/h2-4H,5,17H2,1H3,(H,18,21,23). The summed E-state index contributed by atoms with van der Waals surface area (Å²) in [6.07, 6.45) is 0. The van der Waals surface area contributed by atoms with E-state index in [2.05, 4.69) is 0 Å². The highest BCUT2D eigenvalue weighted by Crippen LogP contribution is 2.19.